The standard InChI is InChI=1S/C45H68N6O10S2/c1-5-59-20-22-62-29-41(53)47-28-35(49-42(54)30-63-23-21-60-6-2)15-18-40(52)46-26-33-9-11-34(12-10-33)27-48-45(57)39-25-32-13-16-36(17-14-32)61-19-7-8-37(44(56)51-58)38(24-31(3)4)43(55)50-39/h9-14,16-17,31,35,37-39,58H,5-8,15,18-30H2,1-4H3,(H,46,52)(H,47,53)(H,48,57)(H,49,54)(H,50,55)(H,51,56)/t35?,37-,38+,39-/m0/s1. The molecule has 0 fully saturated rings. The van der Waals surface area contributed by atoms with Crippen LogP contribution >= 0.6 is 23.5 Å². The number of benzene rings is 2. The molecule has 0 radical (unpaired) electrons. The van der Waals surface area contributed by atoms with E-state index in [0.29, 0.717) is 76.0 Å². The number of carbonyl (C=O) groups is 6. The van der Waals surface area contributed by atoms with E-state index in [1.807, 2.05) is 64.1 Å². The van der Waals surface area contributed by atoms with Gasteiger partial charge in [0.2, 0.25) is 35.4 Å². The summed E-state index contributed by atoms with van der Waals surface area (Å²) in [5.74, 6) is -1.03. The van der Waals surface area contributed by atoms with E-state index in [1.54, 1.807) is 17.6 Å². The first-order valence-electron chi connectivity index (χ1n) is 21.9. The lowest BCUT2D eigenvalue weighted by Crippen LogP contribution is -2.51. The third-order valence-electron chi connectivity index (χ3n) is 10.1. The fourth-order valence-corrected chi connectivity index (χ4v) is 8.13. The lowest BCUT2D eigenvalue weighted by Gasteiger charge is -2.29. The van der Waals surface area contributed by atoms with Crippen molar-refractivity contribution in [1.82, 2.24) is 32.1 Å². The Morgan fingerprint density at radius 2 is 1.44 bits per heavy atom. The van der Waals surface area contributed by atoms with Gasteiger partial charge in [-0.05, 0) is 74.3 Å². The molecule has 2 aliphatic rings. The van der Waals surface area contributed by atoms with E-state index < -0.39 is 41.6 Å². The molecule has 350 valence electrons. The summed E-state index contributed by atoms with van der Waals surface area (Å²) >= 11 is 2.92. The van der Waals surface area contributed by atoms with Crippen LogP contribution in [0.4, 0.5) is 0 Å². The van der Waals surface area contributed by atoms with Crippen molar-refractivity contribution >= 4 is 59.0 Å². The molecule has 18 heteroatoms. The molecule has 0 spiro atoms. The van der Waals surface area contributed by atoms with Crippen LogP contribution in [0, 0.1) is 17.8 Å². The zero-order chi connectivity index (χ0) is 45.8. The first kappa shape index (κ1) is 53.0. The summed E-state index contributed by atoms with van der Waals surface area (Å²) in [5.41, 5.74) is 4.18. The molecular formula is C45H68N6O10S2. The highest BCUT2D eigenvalue weighted by molar-refractivity contribution is 8.00. The lowest BCUT2D eigenvalue weighted by atomic mass is 9.81. The number of hydrogen-bond acceptors (Lipinski definition) is 12. The second kappa shape index (κ2) is 30.7. The number of amides is 6. The van der Waals surface area contributed by atoms with Gasteiger partial charge in [0.1, 0.15) is 11.8 Å². The quantitative estimate of drug-likeness (QED) is 0.0410. The monoisotopic (exact) mass is 916 g/mol. The van der Waals surface area contributed by atoms with Crippen molar-refractivity contribution in [1.29, 1.82) is 0 Å². The van der Waals surface area contributed by atoms with E-state index in [2.05, 4.69) is 26.6 Å². The summed E-state index contributed by atoms with van der Waals surface area (Å²) in [6.45, 7) is 11.1. The van der Waals surface area contributed by atoms with Crippen molar-refractivity contribution in [2.45, 2.75) is 91.4 Å². The minimum atomic E-state index is -0.946. The Balaban J connectivity index is 1.56. The van der Waals surface area contributed by atoms with Crippen LogP contribution in [0.2, 0.25) is 0 Å². The van der Waals surface area contributed by atoms with E-state index in [0.717, 1.165) is 16.7 Å². The number of nitrogens with one attached hydrogen (secondary N) is 6. The van der Waals surface area contributed by atoms with Crippen LogP contribution in [0.1, 0.15) is 76.5 Å². The summed E-state index contributed by atoms with van der Waals surface area (Å²) in [6.07, 6.45) is 1.82. The second-order valence-electron chi connectivity index (χ2n) is 15.6. The Morgan fingerprint density at radius 3 is 2.05 bits per heavy atom. The molecule has 2 aromatic carbocycles. The first-order chi connectivity index (χ1) is 30.4. The van der Waals surface area contributed by atoms with Crippen LogP contribution < -0.4 is 36.8 Å². The van der Waals surface area contributed by atoms with E-state index in [9.17, 15) is 34.0 Å². The molecule has 7 N–H and O–H groups in total. The largest absolute Gasteiger partial charge is 0.494 e. The fourth-order valence-electron chi connectivity index (χ4n) is 6.82. The maximum Gasteiger partial charge on any atom is 0.247 e. The number of hydrogen-bond donors (Lipinski definition) is 7. The Bertz CT molecular complexity index is 1700. The Labute approximate surface area is 380 Å². The van der Waals surface area contributed by atoms with E-state index in [4.69, 9.17) is 14.2 Å². The molecule has 0 aromatic heterocycles. The van der Waals surface area contributed by atoms with Gasteiger partial charge >= 0.3 is 0 Å². The molecule has 6 amide bonds. The number of rotatable bonds is 26. The summed E-state index contributed by atoms with van der Waals surface area (Å²) in [4.78, 5) is 78.5. The molecule has 0 saturated heterocycles. The van der Waals surface area contributed by atoms with Crippen LogP contribution in [0.15, 0.2) is 48.5 Å². The highest BCUT2D eigenvalue weighted by Gasteiger charge is 2.36. The molecule has 1 unspecified atom stereocenters. The van der Waals surface area contributed by atoms with Crippen molar-refractivity contribution in [3.05, 3.63) is 65.2 Å². The van der Waals surface area contributed by atoms with E-state index >= 15 is 0 Å². The van der Waals surface area contributed by atoms with Crippen molar-refractivity contribution in [3.8, 4) is 5.75 Å². The molecule has 2 aliphatic heterocycles. The summed E-state index contributed by atoms with van der Waals surface area (Å²) < 4.78 is 16.5. The van der Waals surface area contributed by atoms with Gasteiger partial charge < -0.3 is 40.8 Å². The zero-order valence-electron chi connectivity index (χ0n) is 37.2. The van der Waals surface area contributed by atoms with Crippen LogP contribution in [0.5, 0.6) is 5.75 Å². The molecule has 0 aliphatic carbocycles. The second-order valence-corrected chi connectivity index (χ2v) is 17.8. The SMILES string of the molecule is CCOCCSCC(=O)NCC(CCC(=O)NCc1ccc(CNC(=O)[C@@H]2Cc3ccc(cc3)OCCC[C@H](C(=O)NO)[C@@H](CC(C)C)C(=O)N2)cc1)NC(=O)CSCCOCC. The van der Waals surface area contributed by atoms with Crippen LogP contribution in [0.3, 0.4) is 0 Å². The van der Waals surface area contributed by atoms with Gasteiger partial charge in [0.05, 0.1) is 37.2 Å². The summed E-state index contributed by atoms with van der Waals surface area (Å²) in [7, 11) is 0. The zero-order valence-corrected chi connectivity index (χ0v) is 38.8. The van der Waals surface area contributed by atoms with Gasteiger partial charge in [-0.3, -0.25) is 34.0 Å². The van der Waals surface area contributed by atoms with Crippen molar-refractivity contribution in [3.63, 3.8) is 0 Å². The maximum atomic E-state index is 13.9. The molecule has 0 saturated carbocycles. The minimum Gasteiger partial charge on any atom is -0.494 e. The maximum absolute atomic E-state index is 13.9. The Hall–Kier alpha value is -4.36. The molecule has 4 atom stereocenters. The predicted octanol–water partition coefficient (Wildman–Crippen LogP) is 3.52. The topological polar surface area (TPSA) is 223 Å². The fraction of sp³-hybridized carbons (Fsp3) is 0.600. The molecule has 63 heavy (non-hydrogen) atoms. The van der Waals surface area contributed by atoms with Gasteiger partial charge in [0, 0.05) is 69.2 Å². The van der Waals surface area contributed by atoms with Gasteiger partial charge in [-0.2, -0.15) is 0 Å². The molecule has 2 bridgehead atoms. The predicted molar refractivity (Wildman–Crippen MR) is 245 cm³/mol. The van der Waals surface area contributed by atoms with Crippen molar-refractivity contribution < 1.29 is 48.2 Å². The molecule has 2 heterocycles. The smallest absolute Gasteiger partial charge is 0.247 e. The lowest BCUT2D eigenvalue weighted by molar-refractivity contribution is -0.142. The average molecular weight is 917 g/mol. The molecule has 4 rings (SSSR count). The number of thioether (sulfide) groups is 2. The van der Waals surface area contributed by atoms with Gasteiger partial charge in [0.15, 0.2) is 0 Å². The van der Waals surface area contributed by atoms with Crippen LogP contribution in [-0.2, 0) is 57.8 Å². The third-order valence-corrected chi connectivity index (χ3v) is 12.0. The molecule has 2 aromatic rings. The number of carbonyl (C=O) groups excluding carboxylic acids is 6. The molecule has 16 nitrogen and oxygen atoms in total. The van der Waals surface area contributed by atoms with Gasteiger partial charge in [-0.1, -0.05) is 50.2 Å². The highest BCUT2D eigenvalue weighted by atomic mass is 32.2. The Morgan fingerprint density at radius 1 is 0.825 bits per heavy atom. The summed E-state index contributed by atoms with van der Waals surface area (Å²) in [5, 5.41) is 24.2. The van der Waals surface area contributed by atoms with E-state index in [1.165, 1.54) is 23.5 Å². The van der Waals surface area contributed by atoms with Crippen molar-refractivity contribution in [2.24, 2.45) is 17.8 Å². The third kappa shape index (κ3) is 21.7. The number of ether oxygens (including phenoxy) is 3. The van der Waals surface area contributed by atoms with Gasteiger partial charge in [0.25, 0.3) is 0 Å². The van der Waals surface area contributed by atoms with Gasteiger partial charge in [-0.25, -0.2) is 5.48 Å². The normalized spacial score (nSPS) is 17.1. The summed E-state index contributed by atoms with van der Waals surface area (Å²) in [6, 6.07) is 13.3. The number of hydroxylamine groups is 1. The average Bonchev–Trinajstić information content (AvgIpc) is 3.27. The minimum absolute atomic E-state index is 0.0638. The molecular weight excluding hydrogens is 849 g/mol. The van der Waals surface area contributed by atoms with Gasteiger partial charge in [-0.15, -0.1) is 23.5 Å². The van der Waals surface area contributed by atoms with Crippen molar-refractivity contribution in [2.75, 3.05) is 62.6 Å². The van der Waals surface area contributed by atoms with Crippen LogP contribution in [-0.4, -0.2) is 115 Å². The van der Waals surface area contributed by atoms with Crippen LogP contribution in [0.25, 0.3) is 0 Å². The highest BCUT2D eigenvalue weighted by Crippen LogP contribution is 2.27. The van der Waals surface area contributed by atoms with E-state index in [-0.39, 0.29) is 67.6 Å². The number of fused-ring (bicyclic) bond motifs is 11. The Kier molecular flexibility index (Phi) is 25.8. The first-order valence-corrected chi connectivity index (χ1v) is 24.2.